The van der Waals surface area contributed by atoms with Crippen LogP contribution in [0.5, 0.6) is 0 Å². The van der Waals surface area contributed by atoms with Crippen molar-refractivity contribution in [2.45, 2.75) is 32.3 Å². The van der Waals surface area contributed by atoms with Crippen molar-refractivity contribution in [1.82, 2.24) is 4.90 Å². The lowest BCUT2D eigenvalue weighted by Gasteiger charge is -2.36. The first-order valence-corrected chi connectivity index (χ1v) is 5.66. The third-order valence-electron chi connectivity index (χ3n) is 3.55. The number of β-amino-alcohol motifs (C(OH)–C–C–N with tert-alkyl or cyclic N) is 1. The van der Waals surface area contributed by atoms with E-state index in [1.165, 1.54) is 12.8 Å². The van der Waals surface area contributed by atoms with Gasteiger partial charge in [0, 0.05) is 32.8 Å². The molecule has 2 aliphatic heterocycles. The molecule has 1 N–H and O–H groups in total. The summed E-state index contributed by atoms with van der Waals surface area (Å²) >= 11 is 0. The Morgan fingerprint density at radius 1 is 1.43 bits per heavy atom. The van der Waals surface area contributed by atoms with Crippen molar-refractivity contribution >= 4 is 0 Å². The smallest absolute Gasteiger partial charge is 0.0679 e. The lowest BCUT2D eigenvalue weighted by atomic mass is 9.82. The van der Waals surface area contributed by atoms with E-state index in [2.05, 4.69) is 11.8 Å². The van der Waals surface area contributed by atoms with Crippen molar-refractivity contribution in [3.05, 3.63) is 0 Å². The van der Waals surface area contributed by atoms with Crippen LogP contribution in [0.4, 0.5) is 0 Å². The van der Waals surface area contributed by atoms with E-state index >= 15 is 0 Å². The van der Waals surface area contributed by atoms with Gasteiger partial charge in [-0.15, -0.1) is 0 Å². The van der Waals surface area contributed by atoms with Gasteiger partial charge in [-0.1, -0.05) is 6.92 Å². The number of hydrogen-bond donors (Lipinski definition) is 1. The third kappa shape index (κ3) is 2.47. The molecule has 2 fully saturated rings. The first kappa shape index (κ1) is 10.4. The fourth-order valence-electron chi connectivity index (χ4n) is 2.52. The molecule has 0 amide bonds. The van der Waals surface area contributed by atoms with Gasteiger partial charge in [-0.3, -0.25) is 0 Å². The summed E-state index contributed by atoms with van der Waals surface area (Å²) in [6, 6.07) is 0. The van der Waals surface area contributed by atoms with E-state index in [0.717, 1.165) is 39.3 Å². The van der Waals surface area contributed by atoms with Crippen molar-refractivity contribution in [2.75, 3.05) is 32.8 Å². The average Bonchev–Trinajstić information content (AvgIpc) is 2.51. The van der Waals surface area contributed by atoms with Gasteiger partial charge in [-0.2, -0.15) is 0 Å². The van der Waals surface area contributed by atoms with Gasteiger partial charge in [-0.25, -0.2) is 0 Å². The SMILES string of the molecule is CC1(CN2CC[C@@H](O)C2)CCOCC1. The molecule has 0 unspecified atom stereocenters. The summed E-state index contributed by atoms with van der Waals surface area (Å²) in [7, 11) is 0. The molecular formula is C11H21NO2. The van der Waals surface area contributed by atoms with Gasteiger partial charge < -0.3 is 14.7 Å². The molecule has 14 heavy (non-hydrogen) atoms. The van der Waals surface area contributed by atoms with E-state index in [4.69, 9.17) is 4.74 Å². The van der Waals surface area contributed by atoms with Gasteiger partial charge >= 0.3 is 0 Å². The average molecular weight is 199 g/mol. The number of rotatable bonds is 2. The molecule has 2 saturated heterocycles. The number of aliphatic hydroxyl groups is 1. The lowest BCUT2D eigenvalue weighted by Crippen LogP contribution is -2.38. The zero-order valence-electron chi connectivity index (χ0n) is 9.04. The van der Waals surface area contributed by atoms with Crippen LogP contribution in [0.25, 0.3) is 0 Å². The van der Waals surface area contributed by atoms with Crippen molar-refractivity contribution in [2.24, 2.45) is 5.41 Å². The summed E-state index contributed by atoms with van der Waals surface area (Å²) in [6.45, 7) is 7.24. The summed E-state index contributed by atoms with van der Waals surface area (Å²) in [4.78, 5) is 2.40. The Hall–Kier alpha value is -0.120. The molecule has 0 aromatic heterocycles. The van der Waals surface area contributed by atoms with E-state index in [9.17, 15) is 5.11 Å². The lowest BCUT2D eigenvalue weighted by molar-refractivity contribution is 0.00697. The van der Waals surface area contributed by atoms with E-state index in [0.29, 0.717) is 5.41 Å². The van der Waals surface area contributed by atoms with Crippen LogP contribution in [-0.2, 0) is 4.74 Å². The van der Waals surface area contributed by atoms with Crippen molar-refractivity contribution in [3.63, 3.8) is 0 Å². The molecule has 82 valence electrons. The summed E-state index contributed by atoms with van der Waals surface area (Å²) in [5.41, 5.74) is 0.419. The van der Waals surface area contributed by atoms with Crippen LogP contribution in [0.1, 0.15) is 26.2 Å². The molecule has 0 radical (unpaired) electrons. The van der Waals surface area contributed by atoms with Crippen molar-refractivity contribution < 1.29 is 9.84 Å². The normalized spacial score (nSPS) is 33.4. The number of likely N-dealkylation sites (tertiary alicyclic amines) is 1. The summed E-state index contributed by atoms with van der Waals surface area (Å²) in [5.74, 6) is 0. The maximum atomic E-state index is 9.45. The van der Waals surface area contributed by atoms with E-state index < -0.39 is 0 Å². The quantitative estimate of drug-likeness (QED) is 0.716. The highest BCUT2D eigenvalue weighted by atomic mass is 16.5. The Balaban J connectivity index is 1.83. The number of hydrogen-bond acceptors (Lipinski definition) is 3. The highest BCUT2D eigenvalue weighted by Gasteiger charge is 2.32. The van der Waals surface area contributed by atoms with E-state index in [1.807, 2.05) is 0 Å². The molecule has 2 rings (SSSR count). The minimum atomic E-state index is -0.0848. The fraction of sp³-hybridized carbons (Fsp3) is 1.00. The first-order chi connectivity index (χ1) is 6.68. The second-order valence-electron chi connectivity index (χ2n) is 5.10. The van der Waals surface area contributed by atoms with Crippen LogP contribution in [0, 0.1) is 5.41 Å². The standard InChI is InChI=1S/C11H21NO2/c1-11(3-6-14-7-4-11)9-12-5-2-10(13)8-12/h10,13H,2-9H2,1H3/t10-/m1/s1. The molecule has 1 atom stereocenters. The van der Waals surface area contributed by atoms with Gasteiger partial charge in [0.2, 0.25) is 0 Å². The van der Waals surface area contributed by atoms with Gasteiger partial charge in [0.05, 0.1) is 6.10 Å². The largest absolute Gasteiger partial charge is 0.392 e. The highest BCUT2D eigenvalue weighted by molar-refractivity contribution is 4.84. The molecule has 0 aromatic carbocycles. The Bertz CT molecular complexity index is 190. The fourth-order valence-corrected chi connectivity index (χ4v) is 2.52. The number of nitrogens with zero attached hydrogens (tertiary/aromatic N) is 1. The highest BCUT2D eigenvalue weighted by Crippen LogP contribution is 2.31. The zero-order chi connectivity index (χ0) is 10.0. The van der Waals surface area contributed by atoms with Gasteiger partial charge in [0.1, 0.15) is 0 Å². The monoisotopic (exact) mass is 199 g/mol. The minimum Gasteiger partial charge on any atom is -0.392 e. The third-order valence-corrected chi connectivity index (χ3v) is 3.55. The molecule has 3 nitrogen and oxygen atoms in total. The Kier molecular flexibility index (Phi) is 3.10. The number of ether oxygens (including phenoxy) is 1. The molecule has 0 bridgehead atoms. The Labute approximate surface area is 86.0 Å². The van der Waals surface area contributed by atoms with Crippen molar-refractivity contribution in [3.8, 4) is 0 Å². The van der Waals surface area contributed by atoms with Crippen LogP contribution in [-0.4, -0.2) is 49.0 Å². The topological polar surface area (TPSA) is 32.7 Å². The Morgan fingerprint density at radius 3 is 2.71 bits per heavy atom. The van der Waals surface area contributed by atoms with Crippen molar-refractivity contribution in [1.29, 1.82) is 0 Å². The molecule has 2 aliphatic rings. The van der Waals surface area contributed by atoms with Crippen LogP contribution in [0.3, 0.4) is 0 Å². The minimum absolute atomic E-state index is 0.0848. The molecule has 0 aromatic rings. The number of aliphatic hydroxyl groups excluding tert-OH is 1. The van der Waals surface area contributed by atoms with Gasteiger partial charge in [-0.05, 0) is 24.7 Å². The second kappa shape index (κ2) is 4.17. The Morgan fingerprint density at radius 2 is 2.14 bits per heavy atom. The van der Waals surface area contributed by atoms with Crippen LogP contribution in [0.2, 0.25) is 0 Å². The molecule has 0 spiro atoms. The second-order valence-corrected chi connectivity index (χ2v) is 5.10. The maximum absolute atomic E-state index is 9.45. The molecule has 2 heterocycles. The first-order valence-electron chi connectivity index (χ1n) is 5.66. The van der Waals surface area contributed by atoms with Gasteiger partial charge in [0.25, 0.3) is 0 Å². The summed E-state index contributed by atoms with van der Waals surface area (Å²) in [6.07, 6.45) is 3.20. The van der Waals surface area contributed by atoms with Crippen LogP contribution < -0.4 is 0 Å². The molecule has 0 aliphatic carbocycles. The van der Waals surface area contributed by atoms with Crippen LogP contribution >= 0.6 is 0 Å². The molecule has 0 saturated carbocycles. The van der Waals surface area contributed by atoms with E-state index in [1.54, 1.807) is 0 Å². The summed E-state index contributed by atoms with van der Waals surface area (Å²) in [5, 5.41) is 9.45. The zero-order valence-corrected chi connectivity index (χ0v) is 9.04. The molecule has 3 heteroatoms. The predicted molar refractivity (Wildman–Crippen MR) is 55.2 cm³/mol. The predicted octanol–water partition coefficient (Wildman–Crippen LogP) is 0.870. The molecular weight excluding hydrogens is 178 g/mol. The maximum Gasteiger partial charge on any atom is 0.0679 e. The van der Waals surface area contributed by atoms with Gasteiger partial charge in [0.15, 0.2) is 0 Å². The summed E-state index contributed by atoms with van der Waals surface area (Å²) < 4.78 is 5.38. The van der Waals surface area contributed by atoms with Crippen LogP contribution in [0.15, 0.2) is 0 Å². The van der Waals surface area contributed by atoms with E-state index in [-0.39, 0.29) is 6.10 Å².